The van der Waals surface area contributed by atoms with E-state index in [-0.39, 0.29) is 23.9 Å². The van der Waals surface area contributed by atoms with E-state index in [1.807, 2.05) is 18.2 Å². The van der Waals surface area contributed by atoms with E-state index in [4.69, 9.17) is 34.8 Å². The highest BCUT2D eigenvalue weighted by molar-refractivity contribution is 7.89. The number of fused-ring (bicyclic) bond motifs is 1. The van der Waals surface area contributed by atoms with Crippen LogP contribution < -0.4 is 0 Å². The first kappa shape index (κ1) is 24.0. The summed E-state index contributed by atoms with van der Waals surface area (Å²) in [6.07, 6.45) is 0.731. The molecule has 0 fully saturated rings. The number of halogens is 3. The van der Waals surface area contributed by atoms with Crippen molar-refractivity contribution in [2.24, 2.45) is 0 Å². The molecule has 1 amide bonds. The fourth-order valence-corrected chi connectivity index (χ4v) is 5.74. The van der Waals surface area contributed by atoms with E-state index in [1.165, 1.54) is 29.8 Å². The van der Waals surface area contributed by atoms with E-state index < -0.39 is 10.0 Å². The van der Waals surface area contributed by atoms with Crippen LogP contribution in [-0.4, -0.2) is 36.6 Å². The minimum absolute atomic E-state index is 0.0498. The number of carbonyl (C=O) groups is 1. The maximum Gasteiger partial charge on any atom is 0.243 e. The van der Waals surface area contributed by atoms with E-state index in [0.29, 0.717) is 33.7 Å². The number of sulfonamides is 1. The monoisotopic (exact) mass is 522 g/mol. The Hall–Kier alpha value is -2.09. The molecule has 5 nitrogen and oxygen atoms in total. The number of benzene rings is 3. The summed E-state index contributed by atoms with van der Waals surface area (Å²) >= 11 is 18.2. The molecule has 4 rings (SSSR count). The van der Waals surface area contributed by atoms with Crippen molar-refractivity contribution in [3.8, 4) is 0 Å². The Bertz CT molecular complexity index is 1280. The van der Waals surface area contributed by atoms with E-state index in [0.717, 1.165) is 16.3 Å². The van der Waals surface area contributed by atoms with Gasteiger partial charge in [-0.1, -0.05) is 65.1 Å². The van der Waals surface area contributed by atoms with Crippen molar-refractivity contribution in [2.75, 3.05) is 13.1 Å². The van der Waals surface area contributed by atoms with Gasteiger partial charge in [-0.15, -0.1) is 0 Å². The molecule has 3 aromatic rings. The molecule has 3 aromatic carbocycles. The van der Waals surface area contributed by atoms with E-state index in [2.05, 4.69) is 6.07 Å². The Morgan fingerprint density at radius 2 is 1.58 bits per heavy atom. The zero-order valence-electron chi connectivity index (χ0n) is 17.5. The lowest BCUT2D eigenvalue weighted by Crippen LogP contribution is -2.44. The van der Waals surface area contributed by atoms with Gasteiger partial charge in [-0.05, 0) is 59.5 Å². The second-order valence-electron chi connectivity index (χ2n) is 7.80. The number of nitrogens with zero attached hydrogens (tertiary/aromatic N) is 2. The van der Waals surface area contributed by atoms with Crippen LogP contribution in [0.5, 0.6) is 0 Å². The predicted octanol–water partition coefficient (Wildman–Crippen LogP) is 5.42. The smallest absolute Gasteiger partial charge is 0.243 e. The zero-order chi connectivity index (χ0) is 23.6. The average molecular weight is 524 g/mol. The summed E-state index contributed by atoms with van der Waals surface area (Å²) in [5, 5.41) is 1.20. The minimum atomic E-state index is -4.00. The number of amides is 1. The van der Waals surface area contributed by atoms with Crippen molar-refractivity contribution in [3.05, 3.63) is 98.5 Å². The van der Waals surface area contributed by atoms with Crippen LogP contribution in [-0.2, 0) is 34.3 Å². The quantitative estimate of drug-likeness (QED) is 0.433. The Morgan fingerprint density at radius 3 is 2.27 bits per heavy atom. The fraction of sp³-hybridized carbons (Fsp3) is 0.208. The molecule has 0 aliphatic carbocycles. The second kappa shape index (κ2) is 10.0. The molecular formula is C24H21Cl3N2O3S. The van der Waals surface area contributed by atoms with Gasteiger partial charge in [0.1, 0.15) is 0 Å². The molecular weight excluding hydrogens is 503 g/mol. The number of hydrogen-bond acceptors (Lipinski definition) is 3. The second-order valence-corrected chi connectivity index (χ2v) is 11.0. The zero-order valence-corrected chi connectivity index (χ0v) is 20.6. The van der Waals surface area contributed by atoms with Crippen molar-refractivity contribution in [3.63, 3.8) is 0 Å². The summed E-state index contributed by atoms with van der Waals surface area (Å²) in [6.45, 7) is 0.598. The van der Waals surface area contributed by atoms with E-state index >= 15 is 0 Å². The van der Waals surface area contributed by atoms with Gasteiger partial charge in [0.15, 0.2) is 0 Å². The third kappa shape index (κ3) is 5.53. The van der Waals surface area contributed by atoms with Gasteiger partial charge in [0.2, 0.25) is 15.9 Å². The normalized spacial score (nSPS) is 13.8. The summed E-state index contributed by atoms with van der Waals surface area (Å²) in [4.78, 5) is 15.0. The first-order valence-corrected chi connectivity index (χ1v) is 12.9. The first-order valence-electron chi connectivity index (χ1n) is 10.3. The van der Waals surface area contributed by atoms with Crippen LogP contribution in [0.2, 0.25) is 15.1 Å². The highest BCUT2D eigenvalue weighted by atomic mass is 35.5. The molecule has 9 heteroatoms. The van der Waals surface area contributed by atoms with Crippen molar-refractivity contribution in [1.29, 1.82) is 0 Å². The molecule has 0 radical (unpaired) electrons. The van der Waals surface area contributed by atoms with Gasteiger partial charge >= 0.3 is 0 Å². The van der Waals surface area contributed by atoms with Crippen LogP contribution in [0.15, 0.2) is 71.6 Å². The molecule has 172 valence electrons. The summed E-state index contributed by atoms with van der Waals surface area (Å²) in [5.74, 6) is -0.271. The van der Waals surface area contributed by atoms with Crippen LogP contribution in [0.25, 0.3) is 0 Å². The highest BCUT2D eigenvalue weighted by Crippen LogP contribution is 2.26. The molecule has 33 heavy (non-hydrogen) atoms. The molecule has 0 aromatic heterocycles. The molecule has 0 spiro atoms. The van der Waals surface area contributed by atoms with Gasteiger partial charge in [0, 0.05) is 34.7 Å². The van der Waals surface area contributed by atoms with Crippen molar-refractivity contribution < 1.29 is 13.2 Å². The molecule has 0 bridgehead atoms. The molecule has 0 N–H and O–H groups in total. The lowest BCUT2D eigenvalue weighted by atomic mass is 10.00. The molecule has 1 heterocycles. The molecule has 1 aliphatic heterocycles. The predicted molar refractivity (Wildman–Crippen MR) is 131 cm³/mol. The maximum atomic E-state index is 13.5. The standard InChI is InChI=1S/C24H21Cl3N2O3S/c25-20-7-9-22(10-8-20)33(31,32)29(15-19-5-6-21(26)13-23(19)27)16-24(30)28-12-11-17-3-1-2-4-18(17)14-28/h1-10,13H,11-12,14-16H2. The van der Waals surface area contributed by atoms with Crippen LogP contribution in [0.4, 0.5) is 0 Å². The Labute approximate surface area is 208 Å². The van der Waals surface area contributed by atoms with Crippen LogP contribution in [0.3, 0.4) is 0 Å². The topological polar surface area (TPSA) is 57.7 Å². The average Bonchev–Trinajstić information content (AvgIpc) is 2.80. The van der Waals surface area contributed by atoms with Gasteiger partial charge < -0.3 is 4.90 Å². The van der Waals surface area contributed by atoms with Crippen molar-refractivity contribution in [2.45, 2.75) is 24.4 Å². The number of rotatable bonds is 6. The number of carbonyl (C=O) groups excluding carboxylic acids is 1. The molecule has 0 saturated heterocycles. The van der Waals surface area contributed by atoms with Crippen LogP contribution in [0, 0.1) is 0 Å². The van der Waals surface area contributed by atoms with Gasteiger partial charge in [-0.3, -0.25) is 4.79 Å². The van der Waals surface area contributed by atoms with Gasteiger partial charge in [0.25, 0.3) is 0 Å². The third-order valence-electron chi connectivity index (χ3n) is 5.61. The minimum Gasteiger partial charge on any atom is -0.337 e. The summed E-state index contributed by atoms with van der Waals surface area (Å²) in [5.41, 5.74) is 2.83. The Morgan fingerprint density at radius 1 is 0.909 bits per heavy atom. The van der Waals surface area contributed by atoms with Gasteiger partial charge in [0.05, 0.1) is 11.4 Å². The molecule has 0 atom stereocenters. The van der Waals surface area contributed by atoms with Crippen molar-refractivity contribution in [1.82, 2.24) is 9.21 Å². The van der Waals surface area contributed by atoms with Gasteiger partial charge in [-0.25, -0.2) is 8.42 Å². The van der Waals surface area contributed by atoms with E-state index in [9.17, 15) is 13.2 Å². The number of hydrogen-bond donors (Lipinski definition) is 0. The molecule has 1 aliphatic rings. The fourth-order valence-electron chi connectivity index (χ4n) is 3.78. The maximum absolute atomic E-state index is 13.5. The molecule has 0 unspecified atom stereocenters. The first-order chi connectivity index (χ1) is 15.7. The van der Waals surface area contributed by atoms with E-state index in [1.54, 1.807) is 23.1 Å². The summed E-state index contributed by atoms with van der Waals surface area (Å²) in [7, 11) is -4.00. The van der Waals surface area contributed by atoms with Gasteiger partial charge in [-0.2, -0.15) is 4.31 Å². The highest BCUT2D eigenvalue weighted by Gasteiger charge is 2.30. The lowest BCUT2D eigenvalue weighted by molar-refractivity contribution is -0.132. The lowest BCUT2D eigenvalue weighted by Gasteiger charge is -2.31. The SMILES string of the molecule is O=C(CN(Cc1ccc(Cl)cc1Cl)S(=O)(=O)c1ccc(Cl)cc1)N1CCc2ccccc2C1. The van der Waals surface area contributed by atoms with Crippen molar-refractivity contribution >= 4 is 50.7 Å². The Balaban J connectivity index is 1.62. The molecule has 0 saturated carbocycles. The largest absolute Gasteiger partial charge is 0.337 e. The summed E-state index contributed by atoms with van der Waals surface area (Å²) < 4.78 is 28.1. The summed E-state index contributed by atoms with van der Waals surface area (Å²) in [6, 6.07) is 18.7. The van der Waals surface area contributed by atoms with Crippen LogP contribution in [0.1, 0.15) is 16.7 Å². The Kier molecular flexibility index (Phi) is 7.31. The van der Waals surface area contributed by atoms with Crippen LogP contribution >= 0.6 is 34.8 Å². The third-order valence-corrected chi connectivity index (χ3v) is 8.25.